The van der Waals surface area contributed by atoms with Crippen molar-refractivity contribution in [2.24, 2.45) is 0 Å². The van der Waals surface area contributed by atoms with E-state index >= 15 is 0 Å². The number of aliphatic hydroxyl groups is 1. The number of carboxylic acid groups (broad SMARTS) is 1. The smallest absolute Gasteiger partial charge is 0.339 e. The fourth-order valence-corrected chi connectivity index (χ4v) is 1.50. The summed E-state index contributed by atoms with van der Waals surface area (Å²) < 4.78 is 0. The Hall–Kier alpha value is -2.08. The van der Waals surface area contributed by atoms with Gasteiger partial charge in [0.05, 0.1) is 10.5 Å². The Kier molecular flexibility index (Phi) is 3.69. The summed E-state index contributed by atoms with van der Waals surface area (Å²) in [6, 6.07) is 3.53. The molecule has 7 heteroatoms. The predicted octanol–water partition coefficient (Wildman–Crippen LogP) is 2.62. The van der Waals surface area contributed by atoms with Crippen LogP contribution in [-0.2, 0) is 4.79 Å². The molecule has 0 atom stereocenters. The van der Waals surface area contributed by atoms with Crippen LogP contribution in [0.3, 0.4) is 0 Å². The van der Waals surface area contributed by atoms with Gasteiger partial charge in [0.15, 0.2) is 0 Å². The van der Waals surface area contributed by atoms with Gasteiger partial charge in [0, 0.05) is 11.1 Å². The first-order valence-corrected chi connectivity index (χ1v) is 4.80. The molecular formula is C10H8ClNO5. The van der Waals surface area contributed by atoms with Crippen molar-refractivity contribution in [3.8, 4) is 0 Å². The lowest BCUT2D eigenvalue weighted by Crippen LogP contribution is -2.05. The fourth-order valence-electron chi connectivity index (χ4n) is 1.33. The minimum Gasteiger partial charge on any atom is -0.512 e. The summed E-state index contributed by atoms with van der Waals surface area (Å²) in [5.74, 6) is -1.96. The Morgan fingerprint density at radius 1 is 1.41 bits per heavy atom. The van der Waals surface area contributed by atoms with Crippen LogP contribution in [0.1, 0.15) is 12.5 Å². The van der Waals surface area contributed by atoms with Gasteiger partial charge in [-0.15, -0.1) is 0 Å². The molecule has 0 saturated heterocycles. The van der Waals surface area contributed by atoms with E-state index < -0.39 is 27.9 Å². The highest BCUT2D eigenvalue weighted by Gasteiger charge is 2.24. The number of nitro groups is 1. The monoisotopic (exact) mass is 257 g/mol. The summed E-state index contributed by atoms with van der Waals surface area (Å²) in [4.78, 5) is 20.9. The van der Waals surface area contributed by atoms with E-state index in [1.807, 2.05) is 0 Å². The van der Waals surface area contributed by atoms with Crippen molar-refractivity contribution in [1.82, 2.24) is 0 Å². The van der Waals surface area contributed by atoms with Crippen LogP contribution < -0.4 is 0 Å². The fraction of sp³-hybridized carbons (Fsp3) is 0.100. The van der Waals surface area contributed by atoms with Crippen molar-refractivity contribution < 1.29 is 19.9 Å². The van der Waals surface area contributed by atoms with Crippen LogP contribution in [0.25, 0.3) is 5.57 Å². The van der Waals surface area contributed by atoms with Gasteiger partial charge < -0.3 is 10.2 Å². The molecule has 0 radical (unpaired) electrons. The second kappa shape index (κ2) is 4.84. The number of rotatable bonds is 3. The standard InChI is InChI=1S/C10H8ClNO5/c1-5(13)9(10(14)15)7-3-2-6(11)4-8(7)12(16)17/h2-4,13H,1H3,(H,14,15). The number of benzene rings is 1. The van der Waals surface area contributed by atoms with Gasteiger partial charge >= 0.3 is 5.97 Å². The van der Waals surface area contributed by atoms with Crippen molar-refractivity contribution in [2.75, 3.05) is 0 Å². The predicted molar refractivity (Wildman–Crippen MR) is 61.0 cm³/mol. The molecule has 1 aromatic carbocycles. The van der Waals surface area contributed by atoms with E-state index in [2.05, 4.69) is 0 Å². The van der Waals surface area contributed by atoms with Crippen LogP contribution in [0.2, 0.25) is 5.02 Å². The van der Waals surface area contributed by atoms with Crippen molar-refractivity contribution in [3.63, 3.8) is 0 Å². The Labute approximate surface area is 101 Å². The van der Waals surface area contributed by atoms with E-state index in [4.69, 9.17) is 16.7 Å². The second-order valence-electron chi connectivity index (χ2n) is 3.18. The first-order valence-electron chi connectivity index (χ1n) is 4.42. The molecule has 0 bridgehead atoms. The number of nitro benzene ring substituents is 1. The largest absolute Gasteiger partial charge is 0.512 e. The summed E-state index contributed by atoms with van der Waals surface area (Å²) in [5.41, 5.74) is -1.18. The average molecular weight is 258 g/mol. The van der Waals surface area contributed by atoms with E-state index in [1.54, 1.807) is 0 Å². The Balaban J connectivity index is 3.56. The topological polar surface area (TPSA) is 101 Å². The van der Waals surface area contributed by atoms with Crippen molar-refractivity contribution in [2.45, 2.75) is 6.92 Å². The highest BCUT2D eigenvalue weighted by Crippen LogP contribution is 2.30. The number of nitrogens with zero attached hydrogens (tertiary/aromatic N) is 1. The third kappa shape index (κ3) is 2.73. The maximum absolute atomic E-state index is 10.9. The van der Waals surface area contributed by atoms with Crippen LogP contribution >= 0.6 is 11.6 Å². The molecule has 0 aliphatic heterocycles. The molecule has 0 fully saturated rings. The molecule has 1 aromatic rings. The summed E-state index contributed by atoms with van der Waals surface area (Å²) in [5, 5.41) is 29.0. The molecule has 0 aliphatic rings. The summed E-state index contributed by atoms with van der Waals surface area (Å²) in [6.45, 7) is 1.14. The zero-order chi connectivity index (χ0) is 13.2. The van der Waals surface area contributed by atoms with Gasteiger partial charge in [0.1, 0.15) is 11.3 Å². The lowest BCUT2D eigenvalue weighted by Gasteiger charge is -2.05. The zero-order valence-electron chi connectivity index (χ0n) is 8.68. The zero-order valence-corrected chi connectivity index (χ0v) is 9.43. The summed E-state index contributed by atoms with van der Waals surface area (Å²) >= 11 is 5.59. The lowest BCUT2D eigenvalue weighted by molar-refractivity contribution is -0.385. The van der Waals surface area contributed by atoms with Crippen LogP contribution in [0.5, 0.6) is 0 Å². The Morgan fingerprint density at radius 3 is 2.41 bits per heavy atom. The first kappa shape index (κ1) is 13.0. The van der Waals surface area contributed by atoms with Crippen LogP contribution in [0, 0.1) is 10.1 Å². The number of hydrogen-bond acceptors (Lipinski definition) is 4. The highest BCUT2D eigenvalue weighted by molar-refractivity contribution is 6.31. The molecular weight excluding hydrogens is 250 g/mol. The van der Waals surface area contributed by atoms with Crippen molar-refractivity contribution >= 4 is 28.8 Å². The quantitative estimate of drug-likeness (QED) is 0.375. The van der Waals surface area contributed by atoms with Gasteiger partial charge in [-0.2, -0.15) is 0 Å². The third-order valence-corrected chi connectivity index (χ3v) is 2.24. The molecule has 0 spiro atoms. The molecule has 0 aromatic heterocycles. The third-order valence-electron chi connectivity index (χ3n) is 2.00. The van der Waals surface area contributed by atoms with E-state index in [1.165, 1.54) is 12.1 Å². The van der Waals surface area contributed by atoms with Gasteiger partial charge in [0.2, 0.25) is 0 Å². The second-order valence-corrected chi connectivity index (χ2v) is 3.62. The van der Waals surface area contributed by atoms with Crippen molar-refractivity contribution in [1.29, 1.82) is 0 Å². The number of carboxylic acids is 1. The maximum Gasteiger partial charge on any atom is 0.339 e. The van der Waals surface area contributed by atoms with Crippen LogP contribution in [-0.4, -0.2) is 21.1 Å². The summed E-state index contributed by atoms with van der Waals surface area (Å²) in [7, 11) is 0. The highest BCUT2D eigenvalue weighted by atomic mass is 35.5. The minimum absolute atomic E-state index is 0.112. The lowest BCUT2D eigenvalue weighted by atomic mass is 10.0. The van der Waals surface area contributed by atoms with E-state index in [0.717, 1.165) is 13.0 Å². The molecule has 17 heavy (non-hydrogen) atoms. The van der Waals surface area contributed by atoms with Crippen LogP contribution in [0.15, 0.2) is 24.0 Å². The average Bonchev–Trinajstić information content (AvgIpc) is 2.19. The van der Waals surface area contributed by atoms with E-state index in [-0.39, 0.29) is 10.6 Å². The van der Waals surface area contributed by atoms with Gasteiger partial charge in [-0.05, 0) is 19.1 Å². The summed E-state index contributed by atoms with van der Waals surface area (Å²) in [6.07, 6.45) is 0. The minimum atomic E-state index is -1.45. The molecule has 0 amide bonds. The normalized spacial score (nSPS) is 11.9. The molecule has 0 saturated carbocycles. The number of allylic oxidation sites excluding steroid dienone is 1. The molecule has 2 N–H and O–H groups in total. The van der Waals surface area contributed by atoms with Gasteiger partial charge in [0.25, 0.3) is 5.69 Å². The van der Waals surface area contributed by atoms with E-state index in [0.29, 0.717) is 0 Å². The molecule has 0 aliphatic carbocycles. The Morgan fingerprint density at radius 2 is 2.00 bits per heavy atom. The first-order chi connectivity index (χ1) is 7.84. The molecule has 1 rings (SSSR count). The van der Waals surface area contributed by atoms with Gasteiger partial charge in [-0.1, -0.05) is 11.6 Å². The molecule has 90 valence electrons. The molecule has 0 heterocycles. The SMILES string of the molecule is CC(O)=C(C(=O)O)c1ccc(Cl)cc1[N+](=O)[O-]. The van der Waals surface area contributed by atoms with Crippen molar-refractivity contribution in [3.05, 3.63) is 44.7 Å². The van der Waals surface area contributed by atoms with Gasteiger partial charge in [-0.3, -0.25) is 10.1 Å². The maximum atomic E-state index is 10.9. The number of halogens is 1. The number of aliphatic carboxylic acids is 1. The Bertz CT molecular complexity index is 519. The van der Waals surface area contributed by atoms with Crippen LogP contribution in [0.4, 0.5) is 5.69 Å². The number of hydrogen-bond donors (Lipinski definition) is 2. The van der Waals surface area contributed by atoms with E-state index in [9.17, 15) is 20.0 Å². The molecule has 0 unspecified atom stereocenters. The number of aliphatic hydroxyl groups excluding tert-OH is 1. The van der Waals surface area contributed by atoms with Gasteiger partial charge in [-0.25, -0.2) is 4.79 Å². The number of carbonyl (C=O) groups is 1. The molecule has 6 nitrogen and oxygen atoms in total.